The Morgan fingerprint density at radius 3 is 0.841 bits per heavy atom. The summed E-state index contributed by atoms with van der Waals surface area (Å²) in [4.78, 5) is 4.90. The Morgan fingerprint density at radius 1 is 0.333 bits per heavy atom. The van der Waals surface area contributed by atoms with Crippen molar-refractivity contribution < 1.29 is 0 Å². The Morgan fingerprint density at radius 2 is 0.571 bits per heavy atom. The van der Waals surface area contributed by atoms with Crippen LogP contribution in [-0.2, 0) is 0 Å². The lowest BCUT2D eigenvalue weighted by atomic mass is 9.98. The molecule has 63 heavy (non-hydrogen) atoms. The van der Waals surface area contributed by atoms with Gasteiger partial charge in [-0.05, 0) is 48.5 Å². The van der Waals surface area contributed by atoms with Crippen LogP contribution in [0.2, 0.25) is 0 Å². The minimum Gasteiger partial charge on any atom is -0.307 e. The number of benzene rings is 9. The molecule has 0 N–H and O–H groups in total. The van der Waals surface area contributed by atoms with Crippen molar-refractivity contribution in [2.75, 3.05) is 7.05 Å². The fraction of sp³-hybridized carbons (Fsp3) is 0.0175. The van der Waals surface area contributed by atoms with Crippen molar-refractivity contribution >= 4 is 93.4 Å². The molecule has 6 nitrogen and oxygen atoms in total. The van der Waals surface area contributed by atoms with E-state index in [1.165, 1.54) is 0 Å². The number of hydrogen-bond acceptors (Lipinski definition) is 2. The summed E-state index contributed by atoms with van der Waals surface area (Å²) in [5.74, 6) is 0. The lowest BCUT2D eigenvalue weighted by Crippen LogP contribution is -2.17. The third-order valence-electron chi connectivity index (χ3n) is 13.0. The molecule has 0 saturated heterocycles. The van der Waals surface area contributed by atoms with Gasteiger partial charge in [0.1, 0.15) is 11.6 Å². The summed E-state index contributed by atoms with van der Waals surface area (Å²) in [6.45, 7) is 0. The van der Waals surface area contributed by atoms with Gasteiger partial charge in [0.05, 0.1) is 66.9 Å². The van der Waals surface area contributed by atoms with E-state index in [1.807, 2.05) is 13.3 Å². The van der Waals surface area contributed by atoms with Gasteiger partial charge < -0.3 is 18.3 Å². The van der Waals surface area contributed by atoms with Gasteiger partial charge in [0.2, 0.25) is 0 Å². The molecule has 0 spiro atoms. The van der Waals surface area contributed by atoms with Crippen molar-refractivity contribution in [2.45, 2.75) is 0 Å². The average molecular weight is 805 g/mol. The fourth-order valence-corrected chi connectivity index (χ4v) is 10.6. The molecule has 0 atom stereocenters. The third-order valence-corrected chi connectivity index (χ3v) is 13.0. The van der Waals surface area contributed by atoms with Crippen LogP contribution in [0.1, 0.15) is 11.1 Å². The van der Waals surface area contributed by atoms with E-state index in [1.54, 1.807) is 0 Å². The molecule has 13 rings (SSSR count). The molecule has 0 aliphatic carbocycles. The zero-order chi connectivity index (χ0) is 41.8. The zero-order valence-corrected chi connectivity index (χ0v) is 34.2. The van der Waals surface area contributed by atoms with Crippen molar-refractivity contribution in [3.05, 3.63) is 205 Å². The van der Waals surface area contributed by atoms with Crippen molar-refractivity contribution in [1.29, 1.82) is 5.26 Å². The quantitative estimate of drug-likeness (QED) is 0.160. The first-order chi connectivity index (χ1) is 31.3. The van der Waals surface area contributed by atoms with E-state index in [9.17, 15) is 5.26 Å². The Labute approximate surface area is 361 Å². The number of aromatic nitrogens is 4. The van der Waals surface area contributed by atoms with Crippen molar-refractivity contribution in [1.82, 2.24) is 18.3 Å². The maximum Gasteiger partial charge on any atom is 0.104 e. The Kier molecular flexibility index (Phi) is 7.48. The molecule has 4 aromatic heterocycles. The van der Waals surface area contributed by atoms with Crippen LogP contribution >= 0.6 is 0 Å². The van der Waals surface area contributed by atoms with E-state index >= 15 is 0 Å². The van der Waals surface area contributed by atoms with Crippen LogP contribution < -0.4 is 0 Å². The SMILES string of the molecule is CN=Cc1c(-n2c3ccccc3c3ccccc32)c(C#N)c(-n2c3ccccc3c3ccccc32)c(-n2c3ccccc3c3ccccc32)c1-n1c2ccccc2c2ccccc21. The van der Waals surface area contributed by atoms with Crippen LogP contribution in [0.15, 0.2) is 199 Å². The van der Waals surface area contributed by atoms with Crippen LogP contribution in [0.25, 0.3) is 110 Å². The van der Waals surface area contributed by atoms with Crippen LogP contribution in [0.4, 0.5) is 0 Å². The summed E-state index contributed by atoms with van der Waals surface area (Å²) >= 11 is 0. The molecule has 0 aliphatic heterocycles. The van der Waals surface area contributed by atoms with Gasteiger partial charge >= 0.3 is 0 Å². The van der Waals surface area contributed by atoms with Gasteiger partial charge in [0.15, 0.2) is 0 Å². The van der Waals surface area contributed by atoms with Gasteiger partial charge in [-0.3, -0.25) is 4.99 Å². The fourth-order valence-electron chi connectivity index (χ4n) is 10.6. The predicted octanol–water partition coefficient (Wildman–Crippen LogP) is 14.0. The molecule has 0 fully saturated rings. The topological polar surface area (TPSA) is 55.9 Å². The van der Waals surface area contributed by atoms with Crippen molar-refractivity contribution in [3.8, 4) is 28.8 Å². The van der Waals surface area contributed by atoms with E-state index in [0.717, 1.165) is 116 Å². The molecule has 0 aliphatic rings. The van der Waals surface area contributed by atoms with Gasteiger partial charge in [-0.15, -0.1) is 0 Å². The Bertz CT molecular complexity index is 3910. The van der Waals surface area contributed by atoms with Crippen molar-refractivity contribution in [2.24, 2.45) is 4.99 Å². The van der Waals surface area contributed by atoms with Gasteiger partial charge in [-0.25, -0.2) is 0 Å². The number of para-hydroxylation sites is 8. The number of nitriles is 1. The van der Waals surface area contributed by atoms with Gasteiger partial charge in [-0.2, -0.15) is 5.26 Å². The number of nitrogens with zero attached hydrogens (tertiary/aromatic N) is 6. The Balaban J connectivity index is 1.41. The van der Waals surface area contributed by atoms with Gasteiger partial charge in [-0.1, -0.05) is 146 Å². The highest BCUT2D eigenvalue weighted by molar-refractivity contribution is 6.17. The van der Waals surface area contributed by atoms with Crippen LogP contribution in [0.5, 0.6) is 0 Å². The van der Waals surface area contributed by atoms with E-state index in [0.29, 0.717) is 5.56 Å². The molecule has 6 heteroatoms. The molecule has 9 aromatic carbocycles. The first kappa shape index (κ1) is 35.1. The summed E-state index contributed by atoms with van der Waals surface area (Å²) < 4.78 is 9.50. The smallest absolute Gasteiger partial charge is 0.104 e. The maximum absolute atomic E-state index is 12.3. The maximum atomic E-state index is 12.3. The molecule has 294 valence electrons. The first-order valence-electron chi connectivity index (χ1n) is 21.3. The standard InChI is InChI=1S/C57H36N6/c1-59-35-45-54(60-46-26-10-2-18-36(46)37-19-3-11-27-47(37)60)44(34-58)55(61-48-28-12-4-20-38(48)39-21-5-13-29-49(39)61)57(63-52-32-16-8-24-42(52)43-25-9-17-33-53(43)63)56(45)62-50-30-14-6-22-40(50)41-23-7-15-31-51(41)62/h2-33,35H,1H3. The van der Waals surface area contributed by atoms with Crippen LogP contribution in [-0.4, -0.2) is 31.5 Å². The lowest BCUT2D eigenvalue weighted by Gasteiger charge is -2.28. The molecule has 0 unspecified atom stereocenters. The van der Waals surface area contributed by atoms with E-state index in [4.69, 9.17) is 4.99 Å². The van der Waals surface area contributed by atoms with Gasteiger partial charge in [0, 0.05) is 61.9 Å². The number of aliphatic imine (C=N–C) groups is 1. The van der Waals surface area contributed by atoms with E-state index < -0.39 is 0 Å². The van der Waals surface area contributed by atoms with Gasteiger partial charge in [0.25, 0.3) is 0 Å². The molecule has 4 heterocycles. The first-order valence-corrected chi connectivity index (χ1v) is 21.3. The summed E-state index contributed by atoms with van der Waals surface area (Å²) in [5, 5.41) is 21.2. The van der Waals surface area contributed by atoms with Crippen LogP contribution in [0, 0.1) is 11.3 Å². The number of hydrogen-bond donors (Lipinski definition) is 0. The Hall–Kier alpha value is -8.66. The molecule has 0 saturated carbocycles. The predicted molar refractivity (Wildman–Crippen MR) is 262 cm³/mol. The largest absolute Gasteiger partial charge is 0.307 e. The molecule has 0 radical (unpaired) electrons. The molecular formula is C57H36N6. The summed E-state index contributed by atoms with van der Waals surface area (Å²) in [5.41, 5.74) is 12.9. The lowest BCUT2D eigenvalue weighted by molar-refractivity contribution is 1.02. The number of rotatable bonds is 5. The van der Waals surface area contributed by atoms with Crippen LogP contribution in [0.3, 0.4) is 0 Å². The highest BCUT2D eigenvalue weighted by Crippen LogP contribution is 2.48. The van der Waals surface area contributed by atoms with Crippen molar-refractivity contribution in [3.63, 3.8) is 0 Å². The second-order valence-corrected chi connectivity index (χ2v) is 16.2. The second-order valence-electron chi connectivity index (χ2n) is 16.2. The third kappa shape index (κ3) is 4.73. The average Bonchev–Trinajstić information content (AvgIpc) is 4.07. The second kappa shape index (κ2) is 13.4. The zero-order valence-electron chi connectivity index (χ0n) is 34.2. The molecule has 0 bridgehead atoms. The summed E-state index contributed by atoms with van der Waals surface area (Å²) in [6, 6.07) is 71.8. The number of fused-ring (bicyclic) bond motifs is 12. The minimum absolute atomic E-state index is 0.532. The summed E-state index contributed by atoms with van der Waals surface area (Å²) in [6.07, 6.45) is 1.98. The molecular weight excluding hydrogens is 769 g/mol. The molecule has 0 amide bonds. The van der Waals surface area contributed by atoms with E-state index in [-0.39, 0.29) is 0 Å². The van der Waals surface area contributed by atoms with E-state index in [2.05, 4.69) is 218 Å². The normalized spacial score (nSPS) is 12.1. The highest BCUT2D eigenvalue weighted by Gasteiger charge is 2.33. The highest BCUT2D eigenvalue weighted by atomic mass is 15.1. The summed E-state index contributed by atoms with van der Waals surface area (Å²) in [7, 11) is 1.83. The molecule has 13 aromatic rings. The monoisotopic (exact) mass is 804 g/mol. The minimum atomic E-state index is 0.532.